The summed E-state index contributed by atoms with van der Waals surface area (Å²) in [6, 6.07) is 0. The molecule has 0 aromatic carbocycles. The molecule has 0 radical (unpaired) electrons. The third-order valence-electron chi connectivity index (χ3n) is 1.18. The average molecular weight is 130 g/mol. The van der Waals surface area contributed by atoms with E-state index in [4.69, 9.17) is 4.74 Å². The van der Waals surface area contributed by atoms with Crippen molar-refractivity contribution in [2.45, 2.75) is 6.42 Å². The molecule has 1 aliphatic rings. The van der Waals surface area contributed by atoms with Gasteiger partial charge in [-0.3, -0.25) is 0 Å². The topological polar surface area (TPSA) is 9.23 Å². The number of hydrogen-bond donors (Lipinski definition) is 0. The van der Waals surface area contributed by atoms with Crippen LogP contribution in [0.5, 0.6) is 0 Å². The van der Waals surface area contributed by atoms with Crippen LogP contribution in [0.15, 0.2) is 11.0 Å². The minimum Gasteiger partial charge on any atom is -0.377 e. The summed E-state index contributed by atoms with van der Waals surface area (Å²) in [5.74, 6) is 0. The average Bonchev–Trinajstić information content (AvgIpc) is 1.90. The lowest BCUT2D eigenvalue weighted by molar-refractivity contribution is 0.157. The van der Waals surface area contributed by atoms with Crippen molar-refractivity contribution < 1.29 is 4.74 Å². The van der Waals surface area contributed by atoms with Crippen LogP contribution in [0.1, 0.15) is 6.42 Å². The Hall–Kier alpha value is 0.0500. The predicted molar refractivity (Wildman–Crippen MR) is 37.0 cm³/mol. The first kappa shape index (κ1) is 6.17. The van der Waals surface area contributed by atoms with Crippen molar-refractivity contribution in [2.24, 2.45) is 0 Å². The van der Waals surface area contributed by atoms with Gasteiger partial charge in [0.1, 0.15) is 0 Å². The van der Waals surface area contributed by atoms with Crippen LogP contribution in [-0.4, -0.2) is 19.5 Å². The van der Waals surface area contributed by atoms with Gasteiger partial charge in [0.2, 0.25) is 0 Å². The minimum atomic E-state index is 0.816. The van der Waals surface area contributed by atoms with Crippen molar-refractivity contribution in [3.05, 3.63) is 11.0 Å². The summed E-state index contributed by atoms with van der Waals surface area (Å²) in [6.07, 6.45) is 5.37. The van der Waals surface area contributed by atoms with Gasteiger partial charge in [0.25, 0.3) is 0 Å². The van der Waals surface area contributed by atoms with Crippen LogP contribution in [-0.2, 0) is 4.74 Å². The van der Waals surface area contributed by atoms with E-state index in [0.29, 0.717) is 0 Å². The van der Waals surface area contributed by atoms with E-state index in [1.165, 1.54) is 4.91 Å². The maximum Gasteiger partial charge on any atom is 0.0658 e. The summed E-state index contributed by atoms with van der Waals surface area (Å²) in [6.45, 7) is 1.73. The number of rotatable bonds is 1. The van der Waals surface area contributed by atoms with E-state index in [1.54, 1.807) is 0 Å². The van der Waals surface area contributed by atoms with E-state index in [1.807, 2.05) is 11.8 Å². The van der Waals surface area contributed by atoms with Crippen molar-refractivity contribution >= 4 is 11.8 Å². The highest BCUT2D eigenvalue weighted by atomic mass is 32.2. The molecule has 0 aliphatic carbocycles. The Morgan fingerprint density at radius 2 is 2.62 bits per heavy atom. The molecule has 0 atom stereocenters. The molecule has 0 unspecified atom stereocenters. The van der Waals surface area contributed by atoms with Crippen LogP contribution in [0.4, 0.5) is 0 Å². The molecule has 1 rings (SSSR count). The van der Waals surface area contributed by atoms with Crippen LogP contribution in [0.3, 0.4) is 0 Å². The van der Waals surface area contributed by atoms with Crippen molar-refractivity contribution in [2.75, 3.05) is 19.5 Å². The monoisotopic (exact) mass is 130 g/mol. The number of ether oxygens (including phenoxy) is 1. The molecule has 1 aliphatic heterocycles. The Morgan fingerprint density at radius 1 is 1.75 bits per heavy atom. The third-order valence-corrected chi connectivity index (χ3v) is 2.08. The molecule has 1 heterocycles. The fraction of sp³-hybridized carbons (Fsp3) is 0.667. The van der Waals surface area contributed by atoms with Gasteiger partial charge in [-0.2, -0.15) is 0 Å². The summed E-state index contributed by atoms with van der Waals surface area (Å²) in [5, 5.41) is 0. The first-order chi connectivity index (χ1) is 3.93. The van der Waals surface area contributed by atoms with Crippen molar-refractivity contribution in [3.63, 3.8) is 0 Å². The summed E-state index contributed by atoms with van der Waals surface area (Å²) in [4.78, 5) is 1.47. The first-order valence-corrected chi connectivity index (χ1v) is 3.96. The molecule has 46 valence electrons. The summed E-state index contributed by atoms with van der Waals surface area (Å²) in [5.41, 5.74) is 0. The quantitative estimate of drug-likeness (QED) is 0.534. The Kier molecular flexibility index (Phi) is 2.43. The van der Waals surface area contributed by atoms with Crippen LogP contribution >= 0.6 is 11.8 Å². The fourth-order valence-corrected chi connectivity index (χ4v) is 1.22. The van der Waals surface area contributed by atoms with Gasteiger partial charge in [-0.15, -0.1) is 11.8 Å². The maximum atomic E-state index is 5.11. The highest BCUT2D eigenvalue weighted by molar-refractivity contribution is 8.02. The molecule has 0 saturated heterocycles. The molecule has 0 fully saturated rings. The molecule has 0 N–H and O–H groups in total. The van der Waals surface area contributed by atoms with Crippen LogP contribution in [0.25, 0.3) is 0 Å². The lowest BCUT2D eigenvalue weighted by Crippen LogP contribution is -2.01. The lowest BCUT2D eigenvalue weighted by Gasteiger charge is -2.09. The molecule has 0 saturated carbocycles. The van der Waals surface area contributed by atoms with Crippen molar-refractivity contribution in [1.29, 1.82) is 0 Å². The smallest absolute Gasteiger partial charge is 0.0658 e. The normalized spacial score (nSPS) is 20.4. The van der Waals surface area contributed by atoms with E-state index in [0.717, 1.165) is 19.6 Å². The van der Waals surface area contributed by atoms with Gasteiger partial charge in [0.05, 0.1) is 13.2 Å². The van der Waals surface area contributed by atoms with Gasteiger partial charge in [-0.1, -0.05) is 0 Å². The third kappa shape index (κ3) is 1.53. The highest BCUT2D eigenvalue weighted by Gasteiger charge is 1.99. The molecule has 2 heteroatoms. The Balaban J connectivity index is 2.37. The van der Waals surface area contributed by atoms with Gasteiger partial charge in [0, 0.05) is 6.42 Å². The van der Waals surface area contributed by atoms with Crippen LogP contribution < -0.4 is 0 Å². The number of hydrogen-bond acceptors (Lipinski definition) is 2. The predicted octanol–water partition coefficient (Wildman–Crippen LogP) is 1.65. The molecular formula is C6H10OS. The zero-order chi connectivity index (χ0) is 5.82. The van der Waals surface area contributed by atoms with Gasteiger partial charge in [-0.05, 0) is 17.2 Å². The zero-order valence-corrected chi connectivity index (χ0v) is 5.83. The van der Waals surface area contributed by atoms with Crippen molar-refractivity contribution in [3.8, 4) is 0 Å². The van der Waals surface area contributed by atoms with Gasteiger partial charge in [-0.25, -0.2) is 0 Å². The maximum absolute atomic E-state index is 5.11. The second kappa shape index (κ2) is 3.15. The molecule has 0 bridgehead atoms. The van der Waals surface area contributed by atoms with E-state index in [2.05, 4.69) is 12.3 Å². The molecule has 8 heavy (non-hydrogen) atoms. The lowest BCUT2D eigenvalue weighted by atomic mass is 10.3. The Bertz CT molecular complexity index is 98.7. The van der Waals surface area contributed by atoms with E-state index < -0.39 is 0 Å². The molecule has 0 amide bonds. The molecule has 0 aromatic rings. The SMILES string of the molecule is CSC1=CCOCC1. The van der Waals surface area contributed by atoms with E-state index >= 15 is 0 Å². The van der Waals surface area contributed by atoms with E-state index in [9.17, 15) is 0 Å². The fourth-order valence-electron chi connectivity index (χ4n) is 0.695. The highest BCUT2D eigenvalue weighted by Crippen LogP contribution is 2.17. The Labute approximate surface area is 54.1 Å². The van der Waals surface area contributed by atoms with Gasteiger partial charge < -0.3 is 4.74 Å². The molecular weight excluding hydrogens is 120 g/mol. The summed E-state index contributed by atoms with van der Waals surface area (Å²) in [7, 11) is 0. The van der Waals surface area contributed by atoms with Crippen molar-refractivity contribution in [1.82, 2.24) is 0 Å². The second-order valence-corrected chi connectivity index (χ2v) is 2.63. The standard InChI is InChI=1S/C6H10OS/c1-8-6-2-4-7-5-3-6/h2H,3-5H2,1H3. The molecule has 1 nitrogen and oxygen atoms in total. The van der Waals surface area contributed by atoms with Gasteiger partial charge in [0.15, 0.2) is 0 Å². The Morgan fingerprint density at radius 3 is 3.00 bits per heavy atom. The van der Waals surface area contributed by atoms with Crippen LogP contribution in [0, 0.1) is 0 Å². The number of thioether (sulfide) groups is 1. The summed E-state index contributed by atoms with van der Waals surface area (Å²) >= 11 is 1.83. The van der Waals surface area contributed by atoms with Gasteiger partial charge >= 0.3 is 0 Å². The minimum absolute atomic E-state index is 0.816. The zero-order valence-electron chi connectivity index (χ0n) is 5.02. The van der Waals surface area contributed by atoms with Crippen LogP contribution in [0.2, 0.25) is 0 Å². The second-order valence-electron chi connectivity index (χ2n) is 1.70. The largest absolute Gasteiger partial charge is 0.377 e. The van der Waals surface area contributed by atoms with E-state index in [-0.39, 0.29) is 0 Å². The molecule has 0 aromatic heterocycles. The summed E-state index contributed by atoms with van der Waals surface area (Å²) < 4.78 is 5.11. The first-order valence-electron chi connectivity index (χ1n) is 2.74. The molecule has 0 spiro atoms.